The third-order valence-corrected chi connectivity index (χ3v) is 4.66. The average Bonchev–Trinajstić information content (AvgIpc) is 2.97. The van der Waals surface area contributed by atoms with E-state index in [1.807, 2.05) is 41.0 Å². The minimum Gasteiger partial charge on any atom is -0.497 e. The van der Waals surface area contributed by atoms with Gasteiger partial charge in [0.1, 0.15) is 5.75 Å². The molecule has 3 aromatic rings. The smallest absolute Gasteiger partial charge is 0.200 e. The monoisotopic (exact) mass is 343 g/mol. The maximum atomic E-state index is 5.43. The summed E-state index contributed by atoms with van der Waals surface area (Å²) >= 11 is 7.23. The second-order valence-corrected chi connectivity index (χ2v) is 6.51. The highest BCUT2D eigenvalue weighted by Gasteiger charge is 2.14. The molecular formula is C17H17N3OS2. The molecule has 0 aliphatic heterocycles. The molecule has 0 spiro atoms. The lowest BCUT2D eigenvalue weighted by atomic mass is 10.2. The first-order chi connectivity index (χ1) is 11.2. The number of benzene rings is 2. The van der Waals surface area contributed by atoms with Crippen molar-refractivity contribution in [2.24, 2.45) is 0 Å². The van der Waals surface area contributed by atoms with E-state index in [1.165, 1.54) is 4.90 Å². The fourth-order valence-corrected chi connectivity index (χ4v) is 3.42. The number of hydrogen-bond acceptors (Lipinski definition) is 4. The van der Waals surface area contributed by atoms with Crippen molar-refractivity contribution in [1.82, 2.24) is 14.8 Å². The van der Waals surface area contributed by atoms with E-state index in [0.717, 1.165) is 28.6 Å². The number of nitrogens with one attached hydrogen (secondary N) is 1. The molecule has 0 aliphatic carbocycles. The van der Waals surface area contributed by atoms with Gasteiger partial charge in [0, 0.05) is 10.5 Å². The van der Waals surface area contributed by atoms with Crippen LogP contribution in [0.2, 0.25) is 0 Å². The molecule has 0 atom stereocenters. The molecule has 0 fully saturated rings. The maximum Gasteiger partial charge on any atom is 0.200 e. The highest BCUT2D eigenvalue weighted by Crippen LogP contribution is 2.31. The Hall–Kier alpha value is -2.05. The number of ether oxygens (including phenoxy) is 1. The van der Waals surface area contributed by atoms with Gasteiger partial charge in [-0.25, -0.2) is 0 Å². The summed E-state index contributed by atoms with van der Waals surface area (Å²) < 4.78 is 7.74. The van der Waals surface area contributed by atoms with Gasteiger partial charge in [-0.2, -0.15) is 5.10 Å². The lowest BCUT2D eigenvalue weighted by Crippen LogP contribution is -1.99. The normalized spacial score (nSPS) is 10.7. The van der Waals surface area contributed by atoms with Crippen LogP contribution in [0, 0.1) is 4.77 Å². The first kappa shape index (κ1) is 15.8. The van der Waals surface area contributed by atoms with Gasteiger partial charge in [0.2, 0.25) is 0 Å². The second-order valence-electron chi connectivity index (χ2n) is 4.81. The first-order valence-corrected chi connectivity index (χ1v) is 8.68. The Bertz CT molecular complexity index is 853. The fourth-order valence-electron chi connectivity index (χ4n) is 2.38. The summed E-state index contributed by atoms with van der Waals surface area (Å²) in [5, 5.41) is 7.36. The molecule has 0 radical (unpaired) electrons. The van der Waals surface area contributed by atoms with Crippen molar-refractivity contribution in [2.45, 2.75) is 11.8 Å². The summed E-state index contributed by atoms with van der Waals surface area (Å²) in [5.41, 5.74) is 2.03. The van der Waals surface area contributed by atoms with Crippen molar-refractivity contribution in [1.29, 1.82) is 0 Å². The van der Waals surface area contributed by atoms with Gasteiger partial charge >= 0.3 is 0 Å². The molecular weight excluding hydrogens is 326 g/mol. The molecule has 2 aromatic carbocycles. The highest BCUT2D eigenvalue weighted by atomic mass is 32.2. The molecule has 0 aliphatic rings. The number of nitrogens with zero attached hydrogens (tertiary/aromatic N) is 2. The summed E-state index contributed by atoms with van der Waals surface area (Å²) in [7, 11) is 1.65. The molecule has 1 heterocycles. The summed E-state index contributed by atoms with van der Waals surface area (Å²) in [6, 6.07) is 16.0. The molecule has 0 amide bonds. The van der Waals surface area contributed by atoms with Gasteiger partial charge in [0.15, 0.2) is 10.6 Å². The SMILES string of the molecule is CCSc1ccccc1-c1n[nH]c(=S)n1-c1ccc(OC)cc1. The Morgan fingerprint density at radius 1 is 1.17 bits per heavy atom. The number of methoxy groups -OCH3 is 1. The van der Waals surface area contributed by atoms with Crippen LogP contribution in [0.25, 0.3) is 17.1 Å². The molecule has 0 bridgehead atoms. The molecule has 4 nitrogen and oxygen atoms in total. The highest BCUT2D eigenvalue weighted by molar-refractivity contribution is 7.99. The Balaban J connectivity index is 2.14. The average molecular weight is 343 g/mol. The minimum atomic E-state index is 0.571. The van der Waals surface area contributed by atoms with Crippen LogP contribution in [0.5, 0.6) is 5.75 Å². The Morgan fingerprint density at radius 3 is 2.61 bits per heavy atom. The van der Waals surface area contributed by atoms with Gasteiger partial charge in [-0.05, 0) is 48.3 Å². The Morgan fingerprint density at radius 2 is 1.91 bits per heavy atom. The maximum absolute atomic E-state index is 5.43. The zero-order valence-corrected chi connectivity index (χ0v) is 14.6. The van der Waals surface area contributed by atoms with Crippen molar-refractivity contribution < 1.29 is 4.74 Å². The second kappa shape index (κ2) is 7.02. The van der Waals surface area contributed by atoms with Crippen LogP contribution in [-0.2, 0) is 0 Å². The van der Waals surface area contributed by atoms with Crippen LogP contribution in [0.1, 0.15) is 6.92 Å². The largest absolute Gasteiger partial charge is 0.497 e. The molecule has 0 unspecified atom stereocenters. The van der Waals surface area contributed by atoms with Crippen LogP contribution in [0.15, 0.2) is 53.4 Å². The van der Waals surface area contributed by atoms with E-state index in [4.69, 9.17) is 17.0 Å². The molecule has 23 heavy (non-hydrogen) atoms. The summed E-state index contributed by atoms with van der Waals surface area (Å²) in [6.07, 6.45) is 0. The minimum absolute atomic E-state index is 0.571. The first-order valence-electron chi connectivity index (χ1n) is 7.28. The summed E-state index contributed by atoms with van der Waals surface area (Å²) in [6.45, 7) is 2.14. The van der Waals surface area contributed by atoms with Gasteiger partial charge in [-0.15, -0.1) is 11.8 Å². The number of H-pyrrole nitrogens is 1. The Kier molecular flexibility index (Phi) is 4.83. The lowest BCUT2D eigenvalue weighted by molar-refractivity contribution is 0.414. The van der Waals surface area contributed by atoms with Gasteiger partial charge in [-0.1, -0.05) is 25.1 Å². The van der Waals surface area contributed by atoms with E-state index in [2.05, 4.69) is 29.3 Å². The van der Waals surface area contributed by atoms with Crippen molar-refractivity contribution in [3.63, 3.8) is 0 Å². The third kappa shape index (κ3) is 3.18. The lowest BCUT2D eigenvalue weighted by Gasteiger charge is -2.11. The van der Waals surface area contributed by atoms with Crippen LogP contribution in [0.4, 0.5) is 0 Å². The van der Waals surface area contributed by atoms with Crippen LogP contribution in [-0.4, -0.2) is 27.6 Å². The van der Waals surface area contributed by atoms with Gasteiger partial charge in [0.05, 0.1) is 12.8 Å². The van der Waals surface area contributed by atoms with E-state index >= 15 is 0 Å². The Labute approximate surface area is 144 Å². The molecule has 0 saturated carbocycles. The van der Waals surface area contributed by atoms with E-state index in [0.29, 0.717) is 4.77 Å². The van der Waals surface area contributed by atoms with Gasteiger partial charge < -0.3 is 4.74 Å². The predicted octanol–water partition coefficient (Wildman–Crippen LogP) is 4.72. The summed E-state index contributed by atoms with van der Waals surface area (Å²) in [4.78, 5) is 1.19. The predicted molar refractivity (Wildman–Crippen MR) is 97.1 cm³/mol. The van der Waals surface area contributed by atoms with Crippen molar-refractivity contribution in [2.75, 3.05) is 12.9 Å². The van der Waals surface area contributed by atoms with Crippen molar-refractivity contribution in [3.05, 3.63) is 53.3 Å². The van der Waals surface area contributed by atoms with Gasteiger partial charge in [0.25, 0.3) is 0 Å². The van der Waals surface area contributed by atoms with E-state index in [9.17, 15) is 0 Å². The van der Waals surface area contributed by atoms with Crippen LogP contribution >= 0.6 is 24.0 Å². The standard InChI is InChI=1S/C17H17N3OS2/c1-3-23-15-7-5-4-6-14(15)16-18-19-17(22)20(16)12-8-10-13(21-2)11-9-12/h4-11H,3H2,1-2H3,(H,19,22). The topological polar surface area (TPSA) is 42.8 Å². The van der Waals surface area contributed by atoms with Crippen LogP contribution < -0.4 is 4.74 Å². The van der Waals surface area contributed by atoms with E-state index in [-0.39, 0.29) is 0 Å². The number of thioether (sulfide) groups is 1. The molecule has 118 valence electrons. The van der Waals surface area contributed by atoms with Gasteiger partial charge in [-0.3, -0.25) is 9.67 Å². The van der Waals surface area contributed by atoms with Crippen molar-refractivity contribution in [3.8, 4) is 22.8 Å². The van der Waals surface area contributed by atoms with Crippen LogP contribution in [0.3, 0.4) is 0 Å². The van der Waals surface area contributed by atoms with Crippen molar-refractivity contribution >= 4 is 24.0 Å². The zero-order valence-electron chi connectivity index (χ0n) is 12.9. The third-order valence-electron chi connectivity index (χ3n) is 3.43. The molecule has 1 N–H and O–H groups in total. The number of aromatic amines is 1. The molecule has 1 aromatic heterocycles. The zero-order chi connectivity index (χ0) is 16.2. The number of hydrogen-bond donors (Lipinski definition) is 1. The summed E-state index contributed by atoms with van der Waals surface area (Å²) in [5.74, 6) is 2.63. The molecule has 6 heteroatoms. The molecule has 0 saturated heterocycles. The fraction of sp³-hybridized carbons (Fsp3) is 0.176. The van der Waals surface area contributed by atoms with E-state index in [1.54, 1.807) is 18.9 Å². The van der Waals surface area contributed by atoms with E-state index < -0.39 is 0 Å². The molecule has 3 rings (SSSR count). The number of aromatic nitrogens is 3. The quantitative estimate of drug-likeness (QED) is 0.538. The number of rotatable bonds is 5.